The summed E-state index contributed by atoms with van der Waals surface area (Å²) in [5, 5.41) is 15.1. The van der Waals surface area contributed by atoms with Gasteiger partial charge in [0.2, 0.25) is 5.91 Å². The summed E-state index contributed by atoms with van der Waals surface area (Å²) >= 11 is 5.84. The third-order valence-electron chi connectivity index (χ3n) is 4.90. The molecule has 8 heteroatoms. The Morgan fingerprint density at radius 3 is 2.55 bits per heavy atom. The van der Waals surface area contributed by atoms with E-state index in [0.29, 0.717) is 17.9 Å². The number of hydrogen-bond donors (Lipinski definition) is 3. The second kappa shape index (κ2) is 11.0. The molecule has 162 valence electrons. The van der Waals surface area contributed by atoms with Gasteiger partial charge in [-0.25, -0.2) is 9.78 Å². The van der Waals surface area contributed by atoms with Gasteiger partial charge in [0.15, 0.2) is 0 Å². The van der Waals surface area contributed by atoms with Crippen molar-refractivity contribution in [1.29, 1.82) is 0 Å². The molecular weight excluding hydrogens is 432 g/mol. The molecule has 0 fully saturated rings. The van der Waals surface area contributed by atoms with Gasteiger partial charge in [-0.3, -0.25) is 4.79 Å². The van der Waals surface area contributed by atoms with E-state index in [1.54, 1.807) is 24.6 Å². The predicted octanol–water partition coefficient (Wildman–Crippen LogP) is 3.72. The minimum absolute atomic E-state index is 0.192. The summed E-state index contributed by atoms with van der Waals surface area (Å²) in [5.74, 6) is -0.844. The van der Waals surface area contributed by atoms with E-state index in [4.69, 9.17) is 4.74 Å². The molecule has 3 rings (SSSR count). The van der Waals surface area contributed by atoms with Gasteiger partial charge in [0.25, 0.3) is 0 Å². The quantitative estimate of drug-likeness (QED) is 0.405. The molecule has 2 aromatic carbocycles. The lowest BCUT2D eigenvalue weighted by Gasteiger charge is -2.20. The highest BCUT2D eigenvalue weighted by Crippen LogP contribution is 2.22. The van der Waals surface area contributed by atoms with Crippen LogP contribution in [0.15, 0.2) is 60.1 Å². The lowest BCUT2D eigenvalue weighted by atomic mass is 9.98. The number of rotatable bonds is 10. The normalized spacial score (nSPS) is 12.7. The summed E-state index contributed by atoms with van der Waals surface area (Å²) in [6, 6.07) is 14.0. The number of nitrogens with one attached hydrogen (secondary N) is 1. The highest BCUT2D eigenvalue weighted by atomic mass is 32.1. The van der Waals surface area contributed by atoms with E-state index in [1.165, 1.54) is 0 Å². The molecule has 2 atom stereocenters. The molecule has 31 heavy (non-hydrogen) atoms. The highest BCUT2D eigenvalue weighted by molar-refractivity contribution is 7.80. The number of benzene rings is 2. The maximum Gasteiger partial charge on any atom is 0.326 e. The fourth-order valence-electron chi connectivity index (χ4n) is 3.20. The van der Waals surface area contributed by atoms with Gasteiger partial charge in [0.05, 0.1) is 13.0 Å². The van der Waals surface area contributed by atoms with Crippen LogP contribution in [-0.2, 0) is 22.4 Å². The first-order valence-corrected chi connectivity index (χ1v) is 11.3. The molecule has 0 saturated heterocycles. The summed E-state index contributed by atoms with van der Waals surface area (Å²) in [5.41, 5.74) is 2.73. The molecule has 6 nitrogen and oxygen atoms in total. The van der Waals surface area contributed by atoms with Gasteiger partial charge < -0.3 is 15.2 Å². The smallest absolute Gasteiger partial charge is 0.326 e. The summed E-state index contributed by atoms with van der Waals surface area (Å²) in [6.07, 6.45) is 2.38. The number of carboxylic acids is 1. The average Bonchev–Trinajstić information content (AvgIpc) is 3.32. The summed E-state index contributed by atoms with van der Waals surface area (Å²) in [7, 11) is 1.59. The van der Waals surface area contributed by atoms with Crippen molar-refractivity contribution < 1.29 is 19.4 Å². The molecule has 1 heterocycles. The standard InChI is InChI=1S/C23H24N2O4S2/c1-29-19-4-2-3-16(12-19)11-18(14-30)21(26)25-20(23(27)28)13-15-5-7-17(8-6-15)22-24-9-10-31-22/h2-10,12,18,20,30H,11,13-14H2,1H3,(H,25,26)(H,27,28). The van der Waals surface area contributed by atoms with Crippen LogP contribution in [0, 0.1) is 5.92 Å². The number of amides is 1. The third-order valence-corrected chi connectivity index (χ3v) is 6.16. The fourth-order valence-corrected chi connectivity index (χ4v) is 4.14. The van der Waals surface area contributed by atoms with Gasteiger partial charge in [-0.2, -0.15) is 12.6 Å². The van der Waals surface area contributed by atoms with Crippen LogP contribution in [-0.4, -0.2) is 40.9 Å². The van der Waals surface area contributed by atoms with Crippen molar-refractivity contribution >= 4 is 35.8 Å². The van der Waals surface area contributed by atoms with Crippen LogP contribution in [0.3, 0.4) is 0 Å². The molecule has 0 saturated carbocycles. The zero-order valence-electron chi connectivity index (χ0n) is 17.0. The largest absolute Gasteiger partial charge is 0.497 e. The molecule has 0 radical (unpaired) electrons. The van der Waals surface area contributed by atoms with Crippen molar-refractivity contribution in [3.63, 3.8) is 0 Å². The minimum Gasteiger partial charge on any atom is -0.497 e. The van der Waals surface area contributed by atoms with Crippen molar-refractivity contribution in [3.8, 4) is 16.3 Å². The molecule has 0 aliphatic carbocycles. The van der Waals surface area contributed by atoms with Crippen molar-refractivity contribution in [1.82, 2.24) is 10.3 Å². The van der Waals surface area contributed by atoms with Crippen LogP contribution in [0.1, 0.15) is 11.1 Å². The number of methoxy groups -OCH3 is 1. The number of carbonyl (C=O) groups excluding carboxylic acids is 1. The molecule has 0 aliphatic heterocycles. The molecule has 2 N–H and O–H groups in total. The number of thiazole rings is 1. The highest BCUT2D eigenvalue weighted by Gasteiger charge is 2.25. The van der Waals surface area contributed by atoms with E-state index < -0.39 is 17.9 Å². The Morgan fingerprint density at radius 2 is 1.94 bits per heavy atom. The van der Waals surface area contributed by atoms with E-state index in [2.05, 4.69) is 22.9 Å². The maximum absolute atomic E-state index is 12.8. The summed E-state index contributed by atoms with van der Waals surface area (Å²) in [4.78, 5) is 28.8. The van der Waals surface area contributed by atoms with Crippen LogP contribution >= 0.6 is 24.0 Å². The third kappa shape index (κ3) is 6.32. The predicted molar refractivity (Wildman–Crippen MR) is 125 cm³/mol. The number of nitrogens with zero attached hydrogens (tertiary/aromatic N) is 1. The Hall–Kier alpha value is -2.84. The van der Waals surface area contributed by atoms with Gasteiger partial charge in [0.1, 0.15) is 16.8 Å². The number of carboxylic acid groups (broad SMARTS) is 1. The zero-order valence-corrected chi connectivity index (χ0v) is 18.7. The van der Waals surface area contributed by atoms with Crippen molar-refractivity contribution in [3.05, 3.63) is 71.2 Å². The Morgan fingerprint density at radius 1 is 1.16 bits per heavy atom. The zero-order chi connectivity index (χ0) is 22.2. The average molecular weight is 457 g/mol. The van der Waals surface area contributed by atoms with Crippen molar-refractivity contribution in [2.24, 2.45) is 5.92 Å². The molecule has 2 unspecified atom stereocenters. The van der Waals surface area contributed by atoms with E-state index in [-0.39, 0.29) is 12.3 Å². The first-order valence-electron chi connectivity index (χ1n) is 9.76. The Labute approximate surface area is 190 Å². The molecule has 0 aliphatic rings. The van der Waals surface area contributed by atoms with Crippen LogP contribution in [0.4, 0.5) is 0 Å². The Balaban J connectivity index is 1.65. The van der Waals surface area contributed by atoms with Crippen LogP contribution in [0.5, 0.6) is 5.75 Å². The van der Waals surface area contributed by atoms with Gasteiger partial charge >= 0.3 is 5.97 Å². The fraction of sp³-hybridized carbons (Fsp3) is 0.261. The van der Waals surface area contributed by atoms with E-state index in [1.807, 2.05) is 53.9 Å². The monoisotopic (exact) mass is 456 g/mol. The number of hydrogen-bond acceptors (Lipinski definition) is 6. The second-order valence-corrected chi connectivity index (χ2v) is 8.33. The Kier molecular flexibility index (Phi) is 8.08. The minimum atomic E-state index is -1.07. The van der Waals surface area contributed by atoms with E-state index >= 15 is 0 Å². The van der Waals surface area contributed by atoms with Crippen molar-refractivity contribution in [2.75, 3.05) is 12.9 Å². The molecular formula is C23H24N2O4S2. The number of aromatic nitrogens is 1. The van der Waals surface area contributed by atoms with Gasteiger partial charge in [0, 0.05) is 29.3 Å². The molecule has 0 spiro atoms. The summed E-state index contributed by atoms with van der Waals surface area (Å²) < 4.78 is 5.22. The Bertz CT molecular complexity index is 1010. The van der Waals surface area contributed by atoms with Crippen LogP contribution < -0.4 is 10.1 Å². The van der Waals surface area contributed by atoms with Gasteiger partial charge in [-0.1, -0.05) is 36.4 Å². The van der Waals surface area contributed by atoms with Crippen LogP contribution in [0.2, 0.25) is 0 Å². The lowest BCUT2D eigenvalue weighted by Crippen LogP contribution is -2.45. The molecule has 3 aromatic rings. The topological polar surface area (TPSA) is 88.5 Å². The maximum atomic E-state index is 12.8. The van der Waals surface area contributed by atoms with Crippen molar-refractivity contribution in [2.45, 2.75) is 18.9 Å². The first kappa shape index (κ1) is 22.8. The lowest BCUT2D eigenvalue weighted by molar-refractivity contribution is -0.142. The number of ether oxygens (including phenoxy) is 1. The number of aliphatic carboxylic acids is 1. The molecule has 1 aromatic heterocycles. The molecule has 1 amide bonds. The number of carbonyl (C=O) groups is 2. The second-order valence-electron chi connectivity index (χ2n) is 7.07. The first-order chi connectivity index (χ1) is 15.0. The number of thiol groups is 1. The van der Waals surface area contributed by atoms with E-state index in [9.17, 15) is 14.7 Å². The van der Waals surface area contributed by atoms with E-state index in [0.717, 1.165) is 21.7 Å². The summed E-state index contributed by atoms with van der Waals surface area (Å²) in [6.45, 7) is 0. The SMILES string of the molecule is COc1cccc(CC(CS)C(=O)NC(Cc2ccc(-c3nccs3)cc2)C(=O)O)c1. The van der Waals surface area contributed by atoms with Crippen LogP contribution in [0.25, 0.3) is 10.6 Å². The molecule has 0 bridgehead atoms. The van der Waals surface area contributed by atoms with Gasteiger partial charge in [-0.15, -0.1) is 11.3 Å². The van der Waals surface area contributed by atoms with Gasteiger partial charge in [-0.05, 0) is 29.7 Å².